The summed E-state index contributed by atoms with van der Waals surface area (Å²) in [7, 11) is 0. The van der Waals surface area contributed by atoms with E-state index in [4.69, 9.17) is 9.47 Å². The Morgan fingerprint density at radius 1 is 1.19 bits per heavy atom. The Morgan fingerprint density at radius 2 is 1.86 bits per heavy atom. The van der Waals surface area contributed by atoms with Gasteiger partial charge in [-0.15, -0.1) is 0 Å². The number of aromatic nitrogens is 1. The molecular weight excluding hydrogens is 475 g/mol. The molecule has 202 valence electrons. The fraction of sp³-hybridized carbons (Fsp3) is 0.625. The van der Waals surface area contributed by atoms with Crippen LogP contribution in [-0.2, 0) is 21.4 Å². The van der Waals surface area contributed by atoms with Crippen molar-refractivity contribution < 1.29 is 33.8 Å². The van der Waals surface area contributed by atoms with Crippen LogP contribution in [0.25, 0.3) is 10.9 Å². The third-order valence-corrected chi connectivity index (χ3v) is 5.37. The minimum absolute atomic E-state index is 0.0905. The van der Waals surface area contributed by atoms with E-state index in [1.165, 1.54) is 0 Å². The molecule has 1 atom stereocenters. The molecule has 12 heteroatoms. The Kier molecular flexibility index (Phi) is 10.2. The van der Waals surface area contributed by atoms with Crippen molar-refractivity contribution >= 4 is 22.7 Å². The zero-order valence-electron chi connectivity index (χ0n) is 21.5. The van der Waals surface area contributed by atoms with Gasteiger partial charge in [-0.1, -0.05) is 13.8 Å². The number of carbonyl (C=O) groups excluding carboxylic acids is 1. The van der Waals surface area contributed by atoms with Crippen LogP contribution in [0.3, 0.4) is 0 Å². The van der Waals surface area contributed by atoms with Gasteiger partial charge in [0.25, 0.3) is 0 Å². The van der Waals surface area contributed by atoms with Gasteiger partial charge in [-0.3, -0.25) is 10.1 Å². The van der Waals surface area contributed by atoms with Crippen LogP contribution in [-0.4, -0.2) is 77.0 Å². The third-order valence-electron chi connectivity index (χ3n) is 5.37. The molecule has 2 rings (SSSR count). The first-order valence-electron chi connectivity index (χ1n) is 11.8. The fourth-order valence-electron chi connectivity index (χ4n) is 3.58. The molecule has 0 aliphatic heterocycles. The van der Waals surface area contributed by atoms with Crippen LogP contribution in [0.4, 0.5) is 14.9 Å². The lowest BCUT2D eigenvalue weighted by Gasteiger charge is -2.26. The Morgan fingerprint density at radius 3 is 2.47 bits per heavy atom. The average molecular weight is 513 g/mol. The summed E-state index contributed by atoms with van der Waals surface area (Å²) in [5.41, 5.74) is -0.895. The maximum atomic E-state index is 14.3. The summed E-state index contributed by atoms with van der Waals surface area (Å²) in [6.45, 7) is 10.4. The van der Waals surface area contributed by atoms with Crippen molar-refractivity contribution in [3.63, 3.8) is 0 Å². The standard InChI is InChI=1S/C24H37FN4O7/c1-23(2,3)36-22(32)27-7-9-35-8-6-26-13-17(31)14-28-19-12-18(25)20(29(33)34)10-16(19)11-21(28)24(4,5)15-30/h10-12,17,26,30-31H,6-9,13-15H2,1-5H3,(H,27,32)/t17-/m0/s1. The number of nitro groups is 1. The zero-order chi connectivity index (χ0) is 27.1. The Balaban J connectivity index is 1.90. The van der Waals surface area contributed by atoms with Gasteiger partial charge in [0.15, 0.2) is 0 Å². The van der Waals surface area contributed by atoms with E-state index in [2.05, 4.69) is 10.6 Å². The molecule has 0 spiro atoms. The van der Waals surface area contributed by atoms with E-state index in [0.717, 1.165) is 12.1 Å². The van der Waals surface area contributed by atoms with E-state index in [1.807, 2.05) is 0 Å². The predicted molar refractivity (Wildman–Crippen MR) is 133 cm³/mol. The van der Waals surface area contributed by atoms with E-state index in [9.17, 15) is 29.5 Å². The van der Waals surface area contributed by atoms with Crippen molar-refractivity contribution in [2.75, 3.05) is 39.5 Å². The van der Waals surface area contributed by atoms with Gasteiger partial charge < -0.3 is 34.9 Å². The van der Waals surface area contributed by atoms with Gasteiger partial charge >= 0.3 is 11.8 Å². The number of aliphatic hydroxyl groups excluding tert-OH is 2. The number of benzene rings is 1. The average Bonchev–Trinajstić information content (AvgIpc) is 3.11. The third kappa shape index (κ3) is 8.40. The molecule has 0 saturated heterocycles. The predicted octanol–water partition coefficient (Wildman–Crippen LogP) is 2.45. The number of amides is 1. The molecule has 1 aromatic carbocycles. The van der Waals surface area contributed by atoms with E-state index in [-0.39, 0.29) is 19.7 Å². The highest BCUT2D eigenvalue weighted by molar-refractivity contribution is 5.84. The number of nitro benzene ring substituents is 1. The number of aliphatic hydroxyl groups is 2. The molecule has 0 aliphatic carbocycles. The van der Waals surface area contributed by atoms with Crippen molar-refractivity contribution in [3.8, 4) is 0 Å². The number of nitrogens with one attached hydrogen (secondary N) is 2. The van der Waals surface area contributed by atoms with E-state index in [1.54, 1.807) is 45.3 Å². The van der Waals surface area contributed by atoms with E-state index < -0.39 is 39.6 Å². The summed E-state index contributed by atoms with van der Waals surface area (Å²) in [5, 5.41) is 37.7. The maximum Gasteiger partial charge on any atom is 0.407 e. The molecule has 11 nitrogen and oxygen atoms in total. The van der Waals surface area contributed by atoms with Crippen LogP contribution in [0.5, 0.6) is 0 Å². The SMILES string of the molecule is CC(C)(C)OC(=O)NCCOCCNC[C@H](O)Cn1c(C(C)(C)CO)cc2cc([N+](=O)[O-])c(F)cc21. The van der Waals surface area contributed by atoms with Crippen molar-refractivity contribution in [1.29, 1.82) is 0 Å². The summed E-state index contributed by atoms with van der Waals surface area (Å²) in [5.74, 6) is -0.967. The highest BCUT2D eigenvalue weighted by Gasteiger charge is 2.28. The molecule has 0 fully saturated rings. The number of hydrogen-bond acceptors (Lipinski definition) is 8. The van der Waals surface area contributed by atoms with Gasteiger partial charge in [0.1, 0.15) is 5.60 Å². The largest absolute Gasteiger partial charge is 0.444 e. The molecule has 0 unspecified atom stereocenters. The van der Waals surface area contributed by atoms with Crippen LogP contribution in [0.2, 0.25) is 0 Å². The van der Waals surface area contributed by atoms with Crippen LogP contribution in [0.15, 0.2) is 18.2 Å². The number of rotatable bonds is 13. The zero-order valence-corrected chi connectivity index (χ0v) is 21.5. The van der Waals surface area contributed by atoms with Crippen molar-refractivity contribution in [3.05, 3.63) is 39.8 Å². The number of fused-ring (bicyclic) bond motifs is 1. The molecule has 1 aromatic heterocycles. The van der Waals surface area contributed by atoms with Crippen LogP contribution in [0, 0.1) is 15.9 Å². The van der Waals surface area contributed by atoms with E-state index in [0.29, 0.717) is 42.9 Å². The fourth-order valence-corrected chi connectivity index (χ4v) is 3.58. The quantitative estimate of drug-likeness (QED) is 0.182. The van der Waals surface area contributed by atoms with Gasteiger partial charge in [0.2, 0.25) is 5.82 Å². The molecule has 0 radical (unpaired) electrons. The smallest absolute Gasteiger partial charge is 0.407 e. The minimum Gasteiger partial charge on any atom is -0.444 e. The number of carbonyl (C=O) groups is 1. The summed E-state index contributed by atoms with van der Waals surface area (Å²) in [6, 6.07) is 3.93. The number of hydrogen-bond donors (Lipinski definition) is 4. The molecule has 0 saturated carbocycles. The van der Waals surface area contributed by atoms with Crippen LogP contribution < -0.4 is 10.6 Å². The lowest BCUT2D eigenvalue weighted by atomic mass is 9.90. The summed E-state index contributed by atoms with van der Waals surface area (Å²) < 4.78 is 26.6. The van der Waals surface area contributed by atoms with Crippen molar-refractivity contribution in [2.45, 2.75) is 58.3 Å². The van der Waals surface area contributed by atoms with Crippen LogP contribution >= 0.6 is 0 Å². The second kappa shape index (κ2) is 12.4. The lowest BCUT2D eigenvalue weighted by Crippen LogP contribution is -2.35. The summed E-state index contributed by atoms with van der Waals surface area (Å²) >= 11 is 0. The van der Waals surface area contributed by atoms with Gasteiger partial charge in [-0.25, -0.2) is 4.79 Å². The number of halogens is 1. The van der Waals surface area contributed by atoms with Gasteiger partial charge in [-0.05, 0) is 26.8 Å². The number of nitrogens with zero attached hydrogens (tertiary/aromatic N) is 2. The number of alkyl carbamates (subject to hydrolysis) is 1. The van der Waals surface area contributed by atoms with Gasteiger partial charge in [0, 0.05) is 48.3 Å². The summed E-state index contributed by atoms with van der Waals surface area (Å²) in [6.07, 6.45) is -1.37. The molecule has 4 N–H and O–H groups in total. The molecule has 1 amide bonds. The molecule has 36 heavy (non-hydrogen) atoms. The van der Waals surface area contributed by atoms with Crippen molar-refractivity contribution in [2.24, 2.45) is 0 Å². The molecule has 1 heterocycles. The molecule has 0 bridgehead atoms. The minimum atomic E-state index is -0.967. The topological polar surface area (TPSA) is 148 Å². The Labute approximate surface area is 209 Å². The van der Waals surface area contributed by atoms with Crippen LogP contribution in [0.1, 0.15) is 40.3 Å². The lowest BCUT2D eigenvalue weighted by molar-refractivity contribution is -0.387. The molecule has 0 aliphatic rings. The molecular formula is C24H37FN4O7. The normalized spacial score (nSPS) is 13.1. The highest BCUT2D eigenvalue weighted by Crippen LogP contribution is 2.33. The number of ether oxygens (including phenoxy) is 2. The monoisotopic (exact) mass is 512 g/mol. The van der Waals surface area contributed by atoms with Crippen molar-refractivity contribution in [1.82, 2.24) is 15.2 Å². The second-order valence-electron chi connectivity index (χ2n) is 10.2. The van der Waals surface area contributed by atoms with Gasteiger partial charge in [0.05, 0.1) is 42.9 Å². The second-order valence-corrected chi connectivity index (χ2v) is 10.2. The first kappa shape index (κ1) is 29.4. The van der Waals surface area contributed by atoms with E-state index >= 15 is 0 Å². The highest BCUT2D eigenvalue weighted by atomic mass is 19.1. The maximum absolute atomic E-state index is 14.3. The van der Waals surface area contributed by atoms with Gasteiger partial charge in [-0.2, -0.15) is 4.39 Å². The Hall–Kier alpha value is -2.80. The first-order valence-corrected chi connectivity index (χ1v) is 11.8. The Bertz CT molecular complexity index is 1050. The molecule has 2 aromatic rings. The first-order chi connectivity index (χ1) is 16.7. The summed E-state index contributed by atoms with van der Waals surface area (Å²) in [4.78, 5) is 21.9.